The summed E-state index contributed by atoms with van der Waals surface area (Å²) in [4.78, 5) is 34.3. The Labute approximate surface area is 207 Å². The zero-order chi connectivity index (χ0) is 24.9. The molecule has 1 heterocycles. The van der Waals surface area contributed by atoms with Crippen molar-refractivity contribution in [2.45, 2.75) is 53.0 Å². The van der Waals surface area contributed by atoms with Crippen molar-refractivity contribution in [1.82, 2.24) is 14.5 Å². The highest BCUT2D eigenvalue weighted by atomic mass is 16.2. The predicted octanol–water partition coefficient (Wildman–Crippen LogP) is 6.26. The van der Waals surface area contributed by atoms with Crippen molar-refractivity contribution in [3.05, 3.63) is 106 Å². The quantitative estimate of drug-likeness (QED) is 0.307. The minimum Gasteiger partial charge on any atom is -0.329 e. The molecule has 0 saturated heterocycles. The van der Waals surface area contributed by atoms with Crippen molar-refractivity contribution < 1.29 is 4.79 Å². The van der Waals surface area contributed by atoms with E-state index in [9.17, 15) is 9.59 Å². The van der Waals surface area contributed by atoms with Crippen LogP contribution in [0.5, 0.6) is 0 Å². The normalized spacial score (nSPS) is 12.0. The monoisotopic (exact) mass is 467 g/mol. The Kier molecular flexibility index (Phi) is 7.45. The van der Waals surface area contributed by atoms with Gasteiger partial charge in [-0.15, -0.1) is 0 Å². The lowest BCUT2D eigenvalue weighted by atomic mass is 10.1. The molecule has 5 heteroatoms. The standard InChI is InChI=1S/C30H33N3O2/c1-5-7-20-32(29(34)24-18-16-23(6-2)17-19-24)22(4)28-31-26-14-10-9-13-25(26)30(35)33(28)27-15-11-8-12-21(27)3/h8-19,22H,5-7,20H2,1-4H3. The molecule has 1 aromatic heterocycles. The van der Waals surface area contributed by atoms with Crippen LogP contribution in [0.25, 0.3) is 16.6 Å². The Hall–Kier alpha value is -3.73. The van der Waals surface area contributed by atoms with Gasteiger partial charge in [0.2, 0.25) is 0 Å². The van der Waals surface area contributed by atoms with E-state index >= 15 is 0 Å². The number of aryl methyl sites for hydroxylation is 2. The molecule has 1 unspecified atom stereocenters. The first-order valence-corrected chi connectivity index (χ1v) is 12.4. The highest BCUT2D eigenvalue weighted by molar-refractivity contribution is 5.94. The molecule has 0 bridgehead atoms. The average Bonchev–Trinajstić information content (AvgIpc) is 2.89. The lowest BCUT2D eigenvalue weighted by Crippen LogP contribution is -2.38. The number of carbonyl (C=O) groups excluding carboxylic acids is 1. The third kappa shape index (κ3) is 4.90. The molecular formula is C30H33N3O2. The molecule has 0 aliphatic heterocycles. The first kappa shape index (κ1) is 24.4. The van der Waals surface area contributed by atoms with Gasteiger partial charge in [0.15, 0.2) is 0 Å². The van der Waals surface area contributed by atoms with Gasteiger partial charge in [-0.1, -0.05) is 62.7 Å². The van der Waals surface area contributed by atoms with Crippen molar-refractivity contribution >= 4 is 16.8 Å². The maximum atomic E-state index is 13.8. The van der Waals surface area contributed by atoms with Crippen LogP contribution in [-0.4, -0.2) is 26.9 Å². The van der Waals surface area contributed by atoms with E-state index in [1.807, 2.05) is 91.5 Å². The van der Waals surface area contributed by atoms with E-state index in [2.05, 4.69) is 13.8 Å². The highest BCUT2D eigenvalue weighted by Crippen LogP contribution is 2.26. The minimum absolute atomic E-state index is 0.0488. The van der Waals surface area contributed by atoms with E-state index in [1.165, 1.54) is 5.56 Å². The average molecular weight is 468 g/mol. The first-order valence-electron chi connectivity index (χ1n) is 12.4. The van der Waals surface area contributed by atoms with Gasteiger partial charge in [-0.2, -0.15) is 0 Å². The van der Waals surface area contributed by atoms with Crippen LogP contribution in [0.4, 0.5) is 0 Å². The molecule has 1 amide bonds. The lowest BCUT2D eigenvalue weighted by molar-refractivity contribution is 0.0678. The fraction of sp³-hybridized carbons (Fsp3) is 0.300. The number of fused-ring (bicyclic) bond motifs is 1. The molecular weight excluding hydrogens is 434 g/mol. The molecule has 4 aromatic rings. The summed E-state index contributed by atoms with van der Waals surface area (Å²) in [6.07, 6.45) is 2.75. The SMILES string of the molecule is CCCCN(C(=O)c1ccc(CC)cc1)C(C)c1nc2ccccc2c(=O)n1-c1ccccc1C. The van der Waals surface area contributed by atoms with Gasteiger partial charge in [0, 0.05) is 12.1 Å². The van der Waals surface area contributed by atoms with Crippen LogP contribution >= 0.6 is 0 Å². The molecule has 0 saturated carbocycles. The molecule has 4 rings (SSSR count). The maximum absolute atomic E-state index is 13.8. The first-order chi connectivity index (χ1) is 17.0. The molecule has 0 fully saturated rings. The Balaban J connectivity index is 1.89. The smallest absolute Gasteiger partial charge is 0.266 e. The number of hydrogen-bond donors (Lipinski definition) is 0. The van der Waals surface area contributed by atoms with Crippen LogP contribution in [0.1, 0.15) is 67.0 Å². The van der Waals surface area contributed by atoms with E-state index in [4.69, 9.17) is 4.98 Å². The van der Waals surface area contributed by atoms with Gasteiger partial charge in [0.25, 0.3) is 11.5 Å². The summed E-state index contributed by atoms with van der Waals surface area (Å²) in [6.45, 7) is 8.76. The number of amides is 1. The maximum Gasteiger partial charge on any atom is 0.266 e. The van der Waals surface area contributed by atoms with Gasteiger partial charge in [-0.05, 0) is 68.1 Å². The fourth-order valence-corrected chi connectivity index (χ4v) is 4.47. The van der Waals surface area contributed by atoms with Crippen LogP contribution in [0.3, 0.4) is 0 Å². The second kappa shape index (κ2) is 10.7. The molecule has 35 heavy (non-hydrogen) atoms. The summed E-state index contributed by atoms with van der Waals surface area (Å²) >= 11 is 0. The number of unbranched alkanes of at least 4 members (excludes halogenated alkanes) is 1. The number of rotatable bonds is 8. The predicted molar refractivity (Wildman–Crippen MR) is 142 cm³/mol. The summed E-state index contributed by atoms with van der Waals surface area (Å²) in [7, 11) is 0. The fourth-order valence-electron chi connectivity index (χ4n) is 4.47. The molecule has 3 aromatic carbocycles. The van der Waals surface area contributed by atoms with Crippen LogP contribution < -0.4 is 5.56 Å². The van der Waals surface area contributed by atoms with Crippen LogP contribution in [0.15, 0.2) is 77.6 Å². The van der Waals surface area contributed by atoms with Crippen molar-refractivity contribution in [3.63, 3.8) is 0 Å². The number of hydrogen-bond acceptors (Lipinski definition) is 3. The largest absolute Gasteiger partial charge is 0.329 e. The van der Waals surface area contributed by atoms with Crippen LogP contribution in [-0.2, 0) is 6.42 Å². The molecule has 180 valence electrons. The Bertz CT molecular complexity index is 1390. The lowest BCUT2D eigenvalue weighted by Gasteiger charge is -2.31. The Morgan fingerprint density at radius 3 is 2.34 bits per heavy atom. The second-order valence-electron chi connectivity index (χ2n) is 8.99. The van der Waals surface area contributed by atoms with E-state index in [0.717, 1.165) is 30.5 Å². The number of para-hydroxylation sites is 2. The highest BCUT2D eigenvalue weighted by Gasteiger charge is 2.27. The van der Waals surface area contributed by atoms with Crippen LogP contribution in [0, 0.1) is 6.92 Å². The van der Waals surface area contributed by atoms with Gasteiger partial charge in [0.1, 0.15) is 5.82 Å². The van der Waals surface area contributed by atoms with Gasteiger partial charge in [-0.25, -0.2) is 4.98 Å². The summed E-state index contributed by atoms with van der Waals surface area (Å²) < 4.78 is 1.69. The van der Waals surface area contributed by atoms with Gasteiger partial charge >= 0.3 is 0 Å². The van der Waals surface area contributed by atoms with Crippen molar-refractivity contribution in [3.8, 4) is 5.69 Å². The van der Waals surface area contributed by atoms with E-state index < -0.39 is 6.04 Å². The third-order valence-electron chi connectivity index (χ3n) is 6.62. The minimum atomic E-state index is -0.406. The second-order valence-corrected chi connectivity index (χ2v) is 8.99. The number of carbonyl (C=O) groups is 1. The van der Waals surface area contributed by atoms with E-state index in [0.29, 0.717) is 28.8 Å². The molecule has 5 nitrogen and oxygen atoms in total. The number of benzene rings is 3. The summed E-state index contributed by atoms with van der Waals surface area (Å²) in [5.74, 6) is 0.518. The Morgan fingerprint density at radius 2 is 1.66 bits per heavy atom. The van der Waals surface area contributed by atoms with Crippen molar-refractivity contribution in [2.75, 3.05) is 6.54 Å². The molecule has 0 aliphatic rings. The van der Waals surface area contributed by atoms with Gasteiger partial charge in [-0.3, -0.25) is 14.2 Å². The van der Waals surface area contributed by atoms with E-state index in [1.54, 1.807) is 4.57 Å². The van der Waals surface area contributed by atoms with Crippen molar-refractivity contribution in [1.29, 1.82) is 0 Å². The summed E-state index contributed by atoms with van der Waals surface area (Å²) in [6, 6.07) is 22.6. The van der Waals surface area contributed by atoms with Gasteiger partial charge < -0.3 is 4.90 Å². The number of nitrogens with zero attached hydrogens (tertiary/aromatic N) is 3. The van der Waals surface area contributed by atoms with Crippen molar-refractivity contribution in [2.24, 2.45) is 0 Å². The molecule has 0 spiro atoms. The zero-order valence-corrected chi connectivity index (χ0v) is 21.0. The summed E-state index contributed by atoms with van der Waals surface area (Å²) in [5.41, 5.74) is 4.12. The molecule has 0 aliphatic carbocycles. The third-order valence-corrected chi connectivity index (χ3v) is 6.62. The van der Waals surface area contributed by atoms with E-state index in [-0.39, 0.29) is 11.5 Å². The topological polar surface area (TPSA) is 55.2 Å². The molecule has 0 N–H and O–H groups in total. The zero-order valence-electron chi connectivity index (χ0n) is 21.0. The molecule has 0 radical (unpaired) electrons. The molecule has 1 atom stereocenters. The number of aromatic nitrogens is 2. The Morgan fingerprint density at radius 1 is 0.971 bits per heavy atom. The van der Waals surface area contributed by atoms with Gasteiger partial charge in [0.05, 0.1) is 22.6 Å². The van der Waals surface area contributed by atoms with Crippen LogP contribution in [0.2, 0.25) is 0 Å². The summed E-state index contributed by atoms with van der Waals surface area (Å²) in [5, 5.41) is 0.563.